The van der Waals surface area contributed by atoms with E-state index in [0.717, 1.165) is 37.6 Å². The molecule has 1 N–H and O–H groups in total. The van der Waals surface area contributed by atoms with Crippen LogP contribution in [-0.4, -0.2) is 49.9 Å². The number of piperazine rings is 1. The molecule has 5 heteroatoms. The van der Waals surface area contributed by atoms with Crippen LogP contribution < -0.4 is 9.80 Å². The Hall–Kier alpha value is -2.66. The second-order valence-electron chi connectivity index (χ2n) is 6.74. The van der Waals surface area contributed by atoms with Crippen LogP contribution in [0.25, 0.3) is 0 Å². The molecule has 0 unspecified atom stereocenters. The molecule has 2 aromatic carbocycles. The average molecular weight is 352 g/mol. The number of carbonyl (C=O) groups excluding carboxylic acids is 2. The first-order chi connectivity index (χ1) is 12.6. The van der Waals surface area contributed by atoms with Gasteiger partial charge in [-0.2, -0.15) is 0 Å². The molecule has 0 bridgehead atoms. The van der Waals surface area contributed by atoms with Gasteiger partial charge in [-0.25, -0.2) is 0 Å². The molecule has 1 fully saturated rings. The molecule has 1 aliphatic heterocycles. The van der Waals surface area contributed by atoms with Gasteiger partial charge in [-0.05, 0) is 24.3 Å². The summed E-state index contributed by atoms with van der Waals surface area (Å²) in [6.07, 6.45) is 0.468. The zero-order valence-corrected chi connectivity index (χ0v) is 15.2. The third-order valence-electron chi connectivity index (χ3n) is 4.80. The van der Waals surface area contributed by atoms with Crippen molar-refractivity contribution in [1.29, 1.82) is 0 Å². The number of amides is 2. The van der Waals surface area contributed by atoms with Crippen LogP contribution in [0.1, 0.15) is 12.8 Å². The van der Waals surface area contributed by atoms with Crippen molar-refractivity contribution in [3.63, 3.8) is 0 Å². The Morgan fingerprint density at radius 3 is 1.88 bits per heavy atom. The predicted molar refractivity (Wildman–Crippen MR) is 102 cm³/mol. The normalized spacial score (nSPS) is 14.9. The smallest absolute Gasteiger partial charge is 0.232 e. The van der Waals surface area contributed by atoms with Crippen LogP contribution in [0.4, 0.5) is 11.4 Å². The highest BCUT2D eigenvalue weighted by Crippen LogP contribution is 2.26. The van der Waals surface area contributed by atoms with E-state index in [9.17, 15) is 9.59 Å². The average Bonchev–Trinajstić information content (AvgIpc) is 2.68. The van der Waals surface area contributed by atoms with Crippen molar-refractivity contribution in [2.45, 2.75) is 12.8 Å². The Bertz CT molecular complexity index is 686. The summed E-state index contributed by atoms with van der Waals surface area (Å²) in [6.45, 7) is 3.50. The number of nitrogens with one attached hydrogen (secondary N) is 1. The second kappa shape index (κ2) is 8.63. The summed E-state index contributed by atoms with van der Waals surface area (Å²) in [5, 5.41) is 0. The zero-order valence-electron chi connectivity index (χ0n) is 15.2. The molecule has 1 aliphatic rings. The Kier molecular flexibility index (Phi) is 6.02. The van der Waals surface area contributed by atoms with Crippen molar-refractivity contribution in [2.24, 2.45) is 0 Å². The molecule has 0 saturated carbocycles. The standard InChI is InChI=1S/C21H25N3O2/c1-22-14-16-23(17-15-22)20(25)12-13-21(26)24(18-8-4-2-5-9-18)19-10-6-3-7-11-19/h2-11H,12-17H2,1H3/p+1. The first kappa shape index (κ1) is 18.1. The van der Waals surface area contributed by atoms with E-state index in [0.29, 0.717) is 0 Å². The lowest BCUT2D eigenvalue weighted by Gasteiger charge is -2.30. The van der Waals surface area contributed by atoms with Crippen molar-refractivity contribution in [2.75, 3.05) is 38.1 Å². The highest BCUT2D eigenvalue weighted by atomic mass is 16.2. The fourth-order valence-electron chi connectivity index (χ4n) is 3.21. The number of carbonyl (C=O) groups is 2. The number of benzene rings is 2. The van der Waals surface area contributed by atoms with E-state index in [-0.39, 0.29) is 24.7 Å². The van der Waals surface area contributed by atoms with Crippen LogP contribution >= 0.6 is 0 Å². The van der Waals surface area contributed by atoms with Gasteiger partial charge >= 0.3 is 0 Å². The lowest BCUT2D eigenvalue weighted by atomic mass is 10.2. The molecule has 1 saturated heterocycles. The fraction of sp³-hybridized carbons (Fsp3) is 0.333. The zero-order chi connectivity index (χ0) is 18.4. The van der Waals surface area contributed by atoms with Crippen molar-refractivity contribution in [3.8, 4) is 0 Å². The van der Waals surface area contributed by atoms with Crippen molar-refractivity contribution >= 4 is 23.2 Å². The minimum Gasteiger partial charge on any atom is -0.334 e. The molecule has 0 aromatic heterocycles. The van der Waals surface area contributed by atoms with E-state index >= 15 is 0 Å². The van der Waals surface area contributed by atoms with Crippen LogP contribution in [0.3, 0.4) is 0 Å². The van der Waals surface area contributed by atoms with Gasteiger partial charge in [0.2, 0.25) is 11.8 Å². The van der Waals surface area contributed by atoms with Crippen LogP contribution in [0, 0.1) is 0 Å². The number of quaternary nitrogens is 1. The SMILES string of the molecule is C[NH+]1CCN(C(=O)CCC(=O)N(c2ccccc2)c2ccccc2)CC1. The molecule has 1 heterocycles. The Balaban J connectivity index is 1.67. The molecular formula is C21H26N3O2+. The molecular weight excluding hydrogens is 326 g/mol. The lowest BCUT2D eigenvalue weighted by molar-refractivity contribution is -0.883. The summed E-state index contributed by atoms with van der Waals surface area (Å²) in [5.41, 5.74) is 1.64. The number of rotatable bonds is 5. The molecule has 26 heavy (non-hydrogen) atoms. The number of anilines is 2. The quantitative estimate of drug-likeness (QED) is 0.886. The van der Waals surface area contributed by atoms with E-state index in [1.165, 1.54) is 4.90 Å². The molecule has 0 radical (unpaired) electrons. The number of nitrogens with zero attached hydrogens (tertiary/aromatic N) is 2. The summed E-state index contributed by atoms with van der Waals surface area (Å²) < 4.78 is 0. The Morgan fingerprint density at radius 1 is 0.885 bits per heavy atom. The molecule has 136 valence electrons. The third kappa shape index (κ3) is 4.49. The minimum atomic E-state index is -0.0597. The maximum absolute atomic E-state index is 12.9. The molecule has 0 aliphatic carbocycles. The number of likely N-dealkylation sites (N-methyl/N-ethyl adjacent to an activating group) is 1. The van der Waals surface area contributed by atoms with Gasteiger partial charge in [0.25, 0.3) is 0 Å². The maximum Gasteiger partial charge on any atom is 0.232 e. The third-order valence-corrected chi connectivity index (χ3v) is 4.80. The first-order valence-corrected chi connectivity index (χ1v) is 9.17. The summed E-state index contributed by atoms with van der Waals surface area (Å²) in [7, 11) is 2.14. The molecule has 5 nitrogen and oxygen atoms in total. The fourth-order valence-corrected chi connectivity index (χ4v) is 3.21. The van der Waals surface area contributed by atoms with E-state index in [2.05, 4.69) is 7.05 Å². The number of para-hydroxylation sites is 2. The summed E-state index contributed by atoms with van der Waals surface area (Å²) >= 11 is 0. The van der Waals surface area contributed by atoms with Crippen LogP contribution in [0.5, 0.6) is 0 Å². The van der Waals surface area contributed by atoms with Gasteiger partial charge in [0, 0.05) is 24.2 Å². The Labute approximate surface area is 154 Å². The molecule has 2 amide bonds. The monoisotopic (exact) mass is 352 g/mol. The predicted octanol–water partition coefficient (Wildman–Crippen LogP) is 1.49. The van der Waals surface area contributed by atoms with Crippen molar-refractivity contribution < 1.29 is 14.5 Å². The highest BCUT2D eigenvalue weighted by Gasteiger charge is 2.23. The van der Waals surface area contributed by atoms with Crippen LogP contribution in [0.2, 0.25) is 0 Å². The van der Waals surface area contributed by atoms with Crippen molar-refractivity contribution in [1.82, 2.24) is 4.90 Å². The van der Waals surface area contributed by atoms with Gasteiger partial charge in [-0.3, -0.25) is 14.5 Å². The minimum absolute atomic E-state index is 0.0597. The van der Waals surface area contributed by atoms with Crippen molar-refractivity contribution in [3.05, 3.63) is 60.7 Å². The second-order valence-corrected chi connectivity index (χ2v) is 6.74. The molecule has 0 atom stereocenters. The van der Waals surface area contributed by atoms with Gasteiger partial charge in [-0.1, -0.05) is 36.4 Å². The highest BCUT2D eigenvalue weighted by molar-refractivity contribution is 6.01. The number of hydrogen-bond donors (Lipinski definition) is 1. The summed E-state index contributed by atoms with van der Waals surface area (Å²) in [6, 6.07) is 19.2. The summed E-state index contributed by atoms with van der Waals surface area (Å²) in [4.78, 5) is 30.4. The molecule has 3 rings (SSSR count). The maximum atomic E-state index is 12.9. The van der Waals surface area contributed by atoms with E-state index in [4.69, 9.17) is 0 Å². The van der Waals surface area contributed by atoms with Gasteiger partial charge < -0.3 is 9.80 Å². The van der Waals surface area contributed by atoms with Gasteiger partial charge in [0.1, 0.15) is 0 Å². The van der Waals surface area contributed by atoms with Crippen LogP contribution in [0.15, 0.2) is 60.7 Å². The largest absolute Gasteiger partial charge is 0.334 e. The molecule has 2 aromatic rings. The first-order valence-electron chi connectivity index (χ1n) is 9.17. The Morgan fingerprint density at radius 2 is 1.38 bits per heavy atom. The van der Waals surface area contributed by atoms with Gasteiger partial charge in [0.15, 0.2) is 0 Å². The van der Waals surface area contributed by atoms with Crippen LogP contribution in [-0.2, 0) is 9.59 Å². The van der Waals surface area contributed by atoms with E-state index < -0.39 is 0 Å². The van der Waals surface area contributed by atoms with E-state index in [1.807, 2.05) is 65.6 Å². The van der Waals surface area contributed by atoms with E-state index in [1.54, 1.807) is 4.90 Å². The number of hydrogen-bond acceptors (Lipinski definition) is 2. The summed E-state index contributed by atoms with van der Waals surface area (Å²) in [5.74, 6) is 0.0161. The molecule has 0 spiro atoms. The lowest BCUT2D eigenvalue weighted by Crippen LogP contribution is -3.12. The topological polar surface area (TPSA) is 45.1 Å². The van der Waals surface area contributed by atoms with Gasteiger partial charge in [-0.15, -0.1) is 0 Å². The van der Waals surface area contributed by atoms with Gasteiger partial charge in [0.05, 0.1) is 33.2 Å².